The largest absolute Gasteiger partial charge is 0.483 e. The minimum absolute atomic E-state index is 0.00445. The van der Waals surface area contributed by atoms with Crippen LogP contribution in [0.2, 0.25) is 0 Å². The molecule has 0 spiro atoms. The van der Waals surface area contributed by atoms with Crippen molar-refractivity contribution in [3.8, 4) is 5.75 Å². The quantitative estimate of drug-likeness (QED) is 0.645. The smallest absolute Gasteiger partial charge is 0.286 e. The molecule has 2 rings (SSSR count). The first-order valence-corrected chi connectivity index (χ1v) is 8.06. The van der Waals surface area contributed by atoms with Crippen molar-refractivity contribution < 1.29 is 23.5 Å². The zero-order chi connectivity index (χ0) is 18.9. The minimum atomic E-state index is -0.486. The summed E-state index contributed by atoms with van der Waals surface area (Å²) in [6.45, 7) is 3.67. The molecule has 0 saturated carbocycles. The molecule has 138 valence electrons. The first-order valence-electron chi connectivity index (χ1n) is 8.06. The molecule has 0 bridgehead atoms. The fraction of sp³-hybridized carbons (Fsp3) is 0.278. The Kier molecular flexibility index (Phi) is 6.78. The van der Waals surface area contributed by atoms with Gasteiger partial charge in [0.1, 0.15) is 5.75 Å². The molecule has 1 aromatic heterocycles. The summed E-state index contributed by atoms with van der Waals surface area (Å²) in [7, 11) is 0. The van der Waals surface area contributed by atoms with Gasteiger partial charge in [-0.3, -0.25) is 25.2 Å². The molecule has 3 N–H and O–H groups in total. The number of furan rings is 1. The average molecular weight is 359 g/mol. The summed E-state index contributed by atoms with van der Waals surface area (Å²) in [5.41, 5.74) is 6.38. The molecule has 3 amide bonds. The minimum Gasteiger partial charge on any atom is -0.483 e. The van der Waals surface area contributed by atoms with Crippen LogP contribution in [0.4, 0.5) is 0 Å². The molecule has 1 aromatic carbocycles. The summed E-state index contributed by atoms with van der Waals surface area (Å²) < 4.78 is 10.4. The monoisotopic (exact) mass is 359 g/mol. The van der Waals surface area contributed by atoms with Crippen molar-refractivity contribution in [1.29, 1.82) is 0 Å². The van der Waals surface area contributed by atoms with Gasteiger partial charge in [-0.05, 0) is 37.1 Å². The van der Waals surface area contributed by atoms with E-state index in [1.165, 1.54) is 12.3 Å². The number of ether oxygens (including phenoxy) is 1. The molecule has 0 radical (unpaired) electrons. The molecule has 8 nitrogen and oxygen atoms in total. The lowest BCUT2D eigenvalue weighted by Gasteiger charge is -2.12. The Hall–Kier alpha value is -3.29. The summed E-state index contributed by atoms with van der Waals surface area (Å²) in [5, 5.41) is 2.53. The number of para-hydroxylation sites is 1. The van der Waals surface area contributed by atoms with E-state index in [4.69, 9.17) is 9.15 Å². The van der Waals surface area contributed by atoms with Crippen LogP contribution in [0, 0.1) is 13.8 Å². The van der Waals surface area contributed by atoms with Crippen LogP contribution >= 0.6 is 0 Å². The molecule has 0 unspecified atom stereocenters. The van der Waals surface area contributed by atoms with Crippen molar-refractivity contribution in [2.45, 2.75) is 20.3 Å². The van der Waals surface area contributed by atoms with Crippen LogP contribution in [0.3, 0.4) is 0 Å². The molecule has 8 heteroatoms. The lowest BCUT2D eigenvalue weighted by Crippen LogP contribution is -2.44. The number of amides is 3. The number of nitrogens with one attached hydrogen (secondary N) is 3. The Bertz CT molecular complexity index is 751. The van der Waals surface area contributed by atoms with Gasteiger partial charge in [0.15, 0.2) is 12.4 Å². The van der Waals surface area contributed by atoms with Crippen LogP contribution in [-0.4, -0.2) is 30.9 Å². The zero-order valence-electron chi connectivity index (χ0n) is 14.6. The van der Waals surface area contributed by atoms with Crippen LogP contribution in [0.5, 0.6) is 5.75 Å². The van der Waals surface area contributed by atoms with E-state index >= 15 is 0 Å². The second kappa shape index (κ2) is 9.26. The van der Waals surface area contributed by atoms with Crippen LogP contribution < -0.4 is 20.9 Å². The molecule has 2 aromatic rings. The third-order valence-electron chi connectivity index (χ3n) is 3.48. The zero-order valence-corrected chi connectivity index (χ0v) is 14.6. The van der Waals surface area contributed by atoms with Gasteiger partial charge in [-0.25, -0.2) is 0 Å². The predicted octanol–water partition coefficient (Wildman–Crippen LogP) is 1.24. The molecule has 0 fully saturated rings. The van der Waals surface area contributed by atoms with Crippen LogP contribution in [0.1, 0.15) is 28.1 Å². The van der Waals surface area contributed by atoms with Gasteiger partial charge in [0.25, 0.3) is 11.8 Å². The molecular formula is C18H21N3O5. The van der Waals surface area contributed by atoms with Crippen molar-refractivity contribution in [2.24, 2.45) is 0 Å². The topological polar surface area (TPSA) is 110 Å². The molecule has 0 aliphatic carbocycles. The number of carbonyl (C=O) groups is 3. The van der Waals surface area contributed by atoms with Gasteiger partial charge in [-0.1, -0.05) is 18.2 Å². The van der Waals surface area contributed by atoms with E-state index in [9.17, 15) is 14.4 Å². The molecular weight excluding hydrogens is 338 g/mol. The Balaban J connectivity index is 1.64. The van der Waals surface area contributed by atoms with E-state index in [1.807, 2.05) is 32.0 Å². The van der Waals surface area contributed by atoms with Gasteiger partial charge in [0.2, 0.25) is 5.91 Å². The number of aryl methyl sites for hydroxylation is 2. The normalized spacial score (nSPS) is 10.1. The Morgan fingerprint density at radius 1 is 1.00 bits per heavy atom. The second-order valence-electron chi connectivity index (χ2n) is 5.59. The van der Waals surface area contributed by atoms with E-state index in [-0.39, 0.29) is 25.3 Å². The maximum atomic E-state index is 11.7. The molecule has 0 aliphatic rings. The van der Waals surface area contributed by atoms with E-state index in [2.05, 4.69) is 16.2 Å². The lowest BCUT2D eigenvalue weighted by molar-refractivity contribution is -0.129. The van der Waals surface area contributed by atoms with Gasteiger partial charge in [0, 0.05) is 13.0 Å². The Morgan fingerprint density at radius 3 is 2.35 bits per heavy atom. The van der Waals surface area contributed by atoms with Crippen LogP contribution in [-0.2, 0) is 9.59 Å². The maximum absolute atomic E-state index is 11.7. The maximum Gasteiger partial charge on any atom is 0.286 e. The number of carbonyl (C=O) groups excluding carboxylic acids is 3. The van der Waals surface area contributed by atoms with Crippen molar-refractivity contribution in [1.82, 2.24) is 16.2 Å². The predicted molar refractivity (Wildman–Crippen MR) is 93.4 cm³/mol. The third kappa shape index (κ3) is 5.66. The molecule has 0 atom stereocenters. The highest BCUT2D eigenvalue weighted by Crippen LogP contribution is 2.21. The first-order chi connectivity index (χ1) is 12.5. The SMILES string of the molecule is Cc1cccc(C)c1OCC(=O)NNC(=O)CCNC(=O)c1ccco1. The van der Waals surface area contributed by atoms with Gasteiger partial charge in [-0.2, -0.15) is 0 Å². The van der Waals surface area contributed by atoms with Gasteiger partial charge < -0.3 is 14.5 Å². The molecule has 1 heterocycles. The molecule has 0 aliphatic heterocycles. The summed E-state index contributed by atoms with van der Waals surface area (Å²) in [5.74, 6) is -0.517. The van der Waals surface area contributed by atoms with Gasteiger partial charge in [0.05, 0.1) is 6.26 Å². The fourth-order valence-corrected chi connectivity index (χ4v) is 2.19. The third-order valence-corrected chi connectivity index (χ3v) is 3.48. The highest BCUT2D eigenvalue weighted by Gasteiger charge is 2.10. The van der Waals surface area contributed by atoms with E-state index in [0.29, 0.717) is 5.75 Å². The number of hydrogen-bond acceptors (Lipinski definition) is 5. The van der Waals surface area contributed by atoms with Gasteiger partial charge >= 0.3 is 0 Å². The highest BCUT2D eigenvalue weighted by molar-refractivity contribution is 5.91. The van der Waals surface area contributed by atoms with Gasteiger partial charge in [-0.15, -0.1) is 0 Å². The first kappa shape index (κ1) is 19.0. The Labute approximate surface area is 150 Å². The van der Waals surface area contributed by atoms with Crippen molar-refractivity contribution in [3.05, 3.63) is 53.5 Å². The van der Waals surface area contributed by atoms with Crippen LogP contribution in [0.15, 0.2) is 41.0 Å². The summed E-state index contributed by atoms with van der Waals surface area (Å²) in [4.78, 5) is 35.0. The standard InChI is InChI=1S/C18H21N3O5/c1-12-5-3-6-13(2)17(12)26-11-16(23)21-20-15(22)8-9-19-18(24)14-7-4-10-25-14/h3-7,10H,8-9,11H2,1-2H3,(H,19,24)(H,20,22)(H,21,23). The number of benzene rings is 1. The number of rotatable bonds is 7. The average Bonchev–Trinajstić information content (AvgIpc) is 3.14. The van der Waals surface area contributed by atoms with E-state index < -0.39 is 17.7 Å². The summed E-state index contributed by atoms with van der Waals surface area (Å²) in [6.07, 6.45) is 1.39. The molecule has 0 saturated heterocycles. The van der Waals surface area contributed by atoms with E-state index in [1.54, 1.807) is 6.07 Å². The van der Waals surface area contributed by atoms with Crippen LogP contribution in [0.25, 0.3) is 0 Å². The van der Waals surface area contributed by atoms with Crippen molar-refractivity contribution in [2.75, 3.05) is 13.2 Å². The van der Waals surface area contributed by atoms with Crippen molar-refractivity contribution >= 4 is 17.7 Å². The lowest BCUT2D eigenvalue weighted by atomic mass is 10.1. The van der Waals surface area contributed by atoms with Crippen molar-refractivity contribution in [3.63, 3.8) is 0 Å². The second-order valence-corrected chi connectivity index (χ2v) is 5.59. The molecule has 26 heavy (non-hydrogen) atoms. The fourth-order valence-electron chi connectivity index (χ4n) is 2.19. The number of hydrazine groups is 1. The van der Waals surface area contributed by atoms with E-state index in [0.717, 1.165) is 11.1 Å². The number of hydrogen-bond donors (Lipinski definition) is 3. The Morgan fingerprint density at radius 2 is 1.69 bits per heavy atom. The summed E-state index contributed by atoms with van der Waals surface area (Å²) >= 11 is 0. The summed E-state index contributed by atoms with van der Waals surface area (Å²) in [6, 6.07) is 8.80. The highest BCUT2D eigenvalue weighted by atomic mass is 16.5.